The molecule has 0 aliphatic rings. The van der Waals surface area contributed by atoms with Gasteiger partial charge in [-0.1, -0.05) is 11.3 Å². The van der Waals surface area contributed by atoms with Crippen LogP contribution in [-0.2, 0) is 0 Å². The molecule has 0 radical (unpaired) electrons. The number of aryl methyl sites for hydroxylation is 1. The van der Waals surface area contributed by atoms with Crippen LogP contribution in [0.1, 0.15) is 28.0 Å². The standard InChI is InChI=1S/C16H15F2N5O2/c1-6-3-4-10(24)7(2)11(6)12-13(19)8(15(20)25)5-9-14(12)21-22-23(9)16(17)18/h3-5,16,24H,19H2,1-2H3,(H2,20,25). The fraction of sp³-hybridized carbons (Fsp3) is 0.188. The minimum atomic E-state index is -2.95. The number of phenols is 1. The average molecular weight is 347 g/mol. The van der Waals surface area contributed by atoms with E-state index >= 15 is 0 Å². The Kier molecular flexibility index (Phi) is 3.78. The first-order valence-corrected chi connectivity index (χ1v) is 7.28. The summed E-state index contributed by atoms with van der Waals surface area (Å²) in [7, 11) is 0. The minimum Gasteiger partial charge on any atom is -0.508 e. The summed E-state index contributed by atoms with van der Waals surface area (Å²) in [5, 5.41) is 17.3. The number of rotatable bonds is 3. The highest BCUT2D eigenvalue weighted by atomic mass is 19.3. The Hall–Kier alpha value is -3.23. The third-order valence-corrected chi connectivity index (χ3v) is 4.15. The van der Waals surface area contributed by atoms with E-state index in [1.807, 2.05) is 0 Å². The van der Waals surface area contributed by atoms with E-state index in [4.69, 9.17) is 11.5 Å². The number of amides is 1. The molecular formula is C16H15F2N5O2. The minimum absolute atomic E-state index is 0.00104. The molecule has 1 amide bonds. The number of phenolic OH excluding ortho intramolecular Hbond substituents is 1. The molecule has 1 heterocycles. The van der Waals surface area contributed by atoms with E-state index in [-0.39, 0.29) is 33.6 Å². The normalized spacial score (nSPS) is 11.4. The number of nitrogen functional groups attached to an aromatic ring is 1. The van der Waals surface area contributed by atoms with Crippen molar-refractivity contribution in [3.05, 3.63) is 34.9 Å². The van der Waals surface area contributed by atoms with E-state index in [1.165, 1.54) is 6.07 Å². The number of hydrogen-bond donors (Lipinski definition) is 3. The van der Waals surface area contributed by atoms with Crippen LogP contribution in [0.5, 0.6) is 5.75 Å². The van der Waals surface area contributed by atoms with Crippen LogP contribution < -0.4 is 11.5 Å². The van der Waals surface area contributed by atoms with Gasteiger partial charge >= 0.3 is 6.55 Å². The summed E-state index contributed by atoms with van der Waals surface area (Å²) in [5.41, 5.74) is 13.3. The first-order chi connectivity index (χ1) is 11.7. The molecule has 3 aromatic rings. The van der Waals surface area contributed by atoms with Crippen molar-refractivity contribution in [2.24, 2.45) is 5.73 Å². The summed E-state index contributed by atoms with van der Waals surface area (Å²) in [6, 6.07) is 4.31. The molecule has 9 heteroatoms. The fourth-order valence-corrected chi connectivity index (χ4v) is 2.91. The summed E-state index contributed by atoms with van der Waals surface area (Å²) < 4.78 is 26.8. The van der Waals surface area contributed by atoms with Crippen LogP contribution in [0.4, 0.5) is 14.5 Å². The number of nitrogens with zero attached hydrogens (tertiary/aromatic N) is 3. The predicted molar refractivity (Wildman–Crippen MR) is 88.3 cm³/mol. The summed E-state index contributed by atoms with van der Waals surface area (Å²) in [5.74, 6) is -0.864. The zero-order valence-corrected chi connectivity index (χ0v) is 13.4. The molecule has 0 fully saturated rings. The highest BCUT2D eigenvalue weighted by molar-refractivity contribution is 6.10. The largest absolute Gasteiger partial charge is 0.508 e. The number of carbonyl (C=O) groups excluding carboxylic acids is 1. The molecule has 5 N–H and O–H groups in total. The van der Waals surface area contributed by atoms with Gasteiger partial charge in [0.2, 0.25) is 0 Å². The molecule has 0 spiro atoms. The molecule has 0 unspecified atom stereocenters. The van der Waals surface area contributed by atoms with Crippen LogP contribution in [0.2, 0.25) is 0 Å². The lowest BCUT2D eigenvalue weighted by Crippen LogP contribution is -2.15. The second-order valence-corrected chi connectivity index (χ2v) is 5.66. The van der Waals surface area contributed by atoms with Gasteiger partial charge in [0.05, 0.1) is 16.8 Å². The summed E-state index contributed by atoms with van der Waals surface area (Å²) in [6.45, 7) is 0.465. The number of aromatic hydroxyl groups is 1. The van der Waals surface area contributed by atoms with Gasteiger partial charge < -0.3 is 16.6 Å². The van der Waals surface area contributed by atoms with E-state index < -0.39 is 12.5 Å². The van der Waals surface area contributed by atoms with Crippen LogP contribution in [0.25, 0.3) is 22.2 Å². The number of benzene rings is 2. The Bertz CT molecular complexity index is 1010. The maximum Gasteiger partial charge on any atom is 0.335 e. The summed E-state index contributed by atoms with van der Waals surface area (Å²) >= 11 is 0. The van der Waals surface area contributed by atoms with E-state index in [2.05, 4.69) is 10.3 Å². The number of aromatic nitrogens is 3. The van der Waals surface area contributed by atoms with Crippen molar-refractivity contribution in [3.63, 3.8) is 0 Å². The lowest BCUT2D eigenvalue weighted by molar-refractivity contribution is 0.0593. The third kappa shape index (κ3) is 2.44. The molecule has 0 bridgehead atoms. The topological polar surface area (TPSA) is 120 Å². The van der Waals surface area contributed by atoms with Crippen molar-refractivity contribution in [3.8, 4) is 16.9 Å². The van der Waals surface area contributed by atoms with Crippen LogP contribution in [0, 0.1) is 13.8 Å². The van der Waals surface area contributed by atoms with Crippen LogP contribution in [0.15, 0.2) is 18.2 Å². The zero-order valence-electron chi connectivity index (χ0n) is 13.4. The molecule has 0 atom stereocenters. The third-order valence-electron chi connectivity index (χ3n) is 4.15. The number of primary amides is 1. The molecule has 130 valence electrons. The second kappa shape index (κ2) is 5.69. The number of nitrogens with two attached hydrogens (primary N) is 2. The highest BCUT2D eigenvalue weighted by Gasteiger charge is 2.25. The summed E-state index contributed by atoms with van der Waals surface area (Å²) in [6.07, 6.45) is 0. The Morgan fingerprint density at radius 3 is 2.56 bits per heavy atom. The van der Waals surface area contributed by atoms with Gasteiger partial charge in [0.25, 0.3) is 5.91 Å². The monoisotopic (exact) mass is 347 g/mol. The number of alkyl halides is 2. The van der Waals surface area contributed by atoms with Gasteiger partial charge in [-0.3, -0.25) is 4.79 Å². The molecule has 25 heavy (non-hydrogen) atoms. The number of fused-ring (bicyclic) bond motifs is 1. The van der Waals surface area contributed by atoms with Crippen LogP contribution >= 0.6 is 0 Å². The molecule has 0 aliphatic carbocycles. The first-order valence-electron chi connectivity index (χ1n) is 7.28. The van der Waals surface area contributed by atoms with E-state index in [0.717, 1.165) is 11.6 Å². The van der Waals surface area contributed by atoms with Gasteiger partial charge in [0.1, 0.15) is 11.3 Å². The van der Waals surface area contributed by atoms with Gasteiger partial charge in [0.15, 0.2) is 0 Å². The quantitative estimate of drug-likeness (QED) is 0.629. The predicted octanol–water partition coefficient (Wildman–Crippen LogP) is 2.50. The average Bonchev–Trinajstić information content (AvgIpc) is 2.96. The van der Waals surface area contributed by atoms with Gasteiger partial charge in [-0.05, 0) is 42.7 Å². The van der Waals surface area contributed by atoms with Gasteiger partial charge in [-0.25, -0.2) is 0 Å². The van der Waals surface area contributed by atoms with Crippen molar-refractivity contribution in [1.29, 1.82) is 0 Å². The van der Waals surface area contributed by atoms with Gasteiger partial charge in [-0.2, -0.15) is 13.5 Å². The second-order valence-electron chi connectivity index (χ2n) is 5.66. The maximum absolute atomic E-state index is 13.2. The fourth-order valence-electron chi connectivity index (χ4n) is 2.91. The molecule has 0 aliphatic heterocycles. The number of hydrogen-bond acceptors (Lipinski definition) is 5. The first kappa shape index (κ1) is 16.6. The Balaban J connectivity index is 2.53. The Morgan fingerprint density at radius 1 is 1.28 bits per heavy atom. The van der Waals surface area contributed by atoms with E-state index in [9.17, 15) is 18.7 Å². The van der Waals surface area contributed by atoms with Crippen LogP contribution in [-0.4, -0.2) is 26.0 Å². The van der Waals surface area contributed by atoms with Crippen molar-refractivity contribution < 1.29 is 18.7 Å². The number of halogens is 2. The van der Waals surface area contributed by atoms with Crippen molar-refractivity contribution in [1.82, 2.24) is 15.0 Å². The van der Waals surface area contributed by atoms with Crippen molar-refractivity contribution in [2.45, 2.75) is 20.4 Å². The lowest BCUT2D eigenvalue weighted by atomic mass is 9.91. The molecule has 0 saturated heterocycles. The molecule has 1 aromatic heterocycles. The molecule has 0 saturated carbocycles. The van der Waals surface area contributed by atoms with E-state index in [1.54, 1.807) is 19.9 Å². The highest BCUT2D eigenvalue weighted by Crippen LogP contribution is 2.41. The van der Waals surface area contributed by atoms with E-state index in [0.29, 0.717) is 15.8 Å². The van der Waals surface area contributed by atoms with Gasteiger partial charge in [0, 0.05) is 5.56 Å². The lowest BCUT2D eigenvalue weighted by Gasteiger charge is -2.16. The summed E-state index contributed by atoms with van der Waals surface area (Å²) in [4.78, 5) is 11.7. The molecular weight excluding hydrogens is 332 g/mol. The number of carbonyl (C=O) groups is 1. The van der Waals surface area contributed by atoms with Crippen molar-refractivity contribution >= 4 is 22.6 Å². The number of anilines is 1. The molecule has 3 rings (SSSR count). The SMILES string of the molecule is Cc1ccc(O)c(C)c1-c1c(N)c(C(N)=O)cc2c1nnn2C(F)F. The Labute approximate surface area is 140 Å². The van der Waals surface area contributed by atoms with Crippen molar-refractivity contribution in [2.75, 3.05) is 5.73 Å². The molecule has 2 aromatic carbocycles. The smallest absolute Gasteiger partial charge is 0.335 e. The van der Waals surface area contributed by atoms with Crippen LogP contribution in [0.3, 0.4) is 0 Å². The molecule has 7 nitrogen and oxygen atoms in total. The zero-order chi connectivity index (χ0) is 18.5. The maximum atomic E-state index is 13.2. The Morgan fingerprint density at radius 2 is 1.96 bits per heavy atom. The van der Waals surface area contributed by atoms with Gasteiger partial charge in [-0.15, -0.1) is 5.10 Å².